The number of carbonyl (C=O) groups excluding carboxylic acids is 1. The van der Waals surface area contributed by atoms with Crippen LogP contribution in [0.15, 0.2) is 18.5 Å². The van der Waals surface area contributed by atoms with Crippen LogP contribution in [0.3, 0.4) is 0 Å². The number of unbranched alkanes of at least 4 members (excludes halogenated alkanes) is 1. The Balaban J connectivity index is 2.05. The molecule has 4 nitrogen and oxygen atoms in total. The van der Waals surface area contributed by atoms with Crippen molar-refractivity contribution in [2.75, 3.05) is 18.4 Å². The second-order valence-electron chi connectivity index (χ2n) is 5.80. The lowest BCUT2D eigenvalue weighted by Gasteiger charge is -2.35. The Hall–Kier alpha value is -1.58. The average Bonchev–Trinajstić information content (AvgIpc) is 2.54. The van der Waals surface area contributed by atoms with Crippen molar-refractivity contribution in [3.8, 4) is 0 Å². The Morgan fingerprint density at radius 3 is 3.00 bits per heavy atom. The predicted octanol–water partition coefficient (Wildman–Crippen LogP) is 3.70. The van der Waals surface area contributed by atoms with Crippen LogP contribution in [0.25, 0.3) is 0 Å². The highest BCUT2D eigenvalue weighted by atomic mass is 16.2. The summed E-state index contributed by atoms with van der Waals surface area (Å²) < 4.78 is 0. The number of likely N-dealkylation sites (tertiary alicyclic amines) is 1. The molecule has 2 heterocycles. The molecule has 1 saturated heterocycles. The summed E-state index contributed by atoms with van der Waals surface area (Å²) in [5.41, 5.74) is 1.65. The standard InChI is InChI=1S/C17H27N3O/c1-3-5-9-19-15-11-14(12-18-13-15)17(21)20-10-7-6-8-16(20)4-2/h11-13,16,19H,3-10H2,1-2H3. The van der Waals surface area contributed by atoms with Gasteiger partial charge < -0.3 is 10.2 Å². The monoisotopic (exact) mass is 289 g/mol. The number of pyridine rings is 1. The maximum Gasteiger partial charge on any atom is 0.255 e. The first-order valence-corrected chi connectivity index (χ1v) is 8.26. The number of rotatable bonds is 6. The van der Waals surface area contributed by atoms with Crippen LogP contribution in [0.2, 0.25) is 0 Å². The van der Waals surface area contributed by atoms with Crippen LogP contribution in [0.1, 0.15) is 62.7 Å². The number of piperidine rings is 1. The molecule has 0 radical (unpaired) electrons. The molecule has 1 amide bonds. The van der Waals surface area contributed by atoms with Crippen LogP contribution >= 0.6 is 0 Å². The van der Waals surface area contributed by atoms with Crippen molar-refractivity contribution < 1.29 is 4.79 Å². The van der Waals surface area contributed by atoms with E-state index in [1.54, 1.807) is 12.4 Å². The Kier molecular flexibility index (Phi) is 6.03. The second kappa shape index (κ2) is 8.01. The number of hydrogen-bond donors (Lipinski definition) is 1. The Bertz CT molecular complexity index is 461. The lowest BCUT2D eigenvalue weighted by Crippen LogP contribution is -2.43. The SMILES string of the molecule is CCCCNc1cncc(C(=O)N2CCCCC2CC)c1. The van der Waals surface area contributed by atoms with Gasteiger partial charge in [-0.1, -0.05) is 20.3 Å². The van der Waals surface area contributed by atoms with Crippen LogP contribution in [0, 0.1) is 0 Å². The van der Waals surface area contributed by atoms with E-state index >= 15 is 0 Å². The van der Waals surface area contributed by atoms with Crippen LogP contribution in [-0.2, 0) is 0 Å². The molecular weight excluding hydrogens is 262 g/mol. The van der Waals surface area contributed by atoms with E-state index in [9.17, 15) is 4.79 Å². The third kappa shape index (κ3) is 4.19. The van der Waals surface area contributed by atoms with Crippen LogP contribution in [-0.4, -0.2) is 34.9 Å². The molecular formula is C17H27N3O. The molecule has 0 spiro atoms. The van der Waals surface area contributed by atoms with E-state index in [1.807, 2.05) is 11.0 Å². The third-order valence-electron chi connectivity index (χ3n) is 4.20. The number of hydrogen-bond acceptors (Lipinski definition) is 3. The number of anilines is 1. The highest BCUT2D eigenvalue weighted by Gasteiger charge is 2.26. The molecule has 21 heavy (non-hydrogen) atoms. The normalized spacial score (nSPS) is 18.6. The molecule has 1 atom stereocenters. The number of nitrogens with zero attached hydrogens (tertiary/aromatic N) is 2. The summed E-state index contributed by atoms with van der Waals surface area (Å²) >= 11 is 0. The van der Waals surface area contributed by atoms with E-state index in [4.69, 9.17) is 0 Å². The Labute approximate surface area is 127 Å². The van der Waals surface area contributed by atoms with Gasteiger partial charge in [-0.15, -0.1) is 0 Å². The molecule has 0 aliphatic carbocycles. The molecule has 0 saturated carbocycles. The third-order valence-corrected chi connectivity index (χ3v) is 4.20. The summed E-state index contributed by atoms with van der Waals surface area (Å²) in [5, 5.41) is 3.34. The fourth-order valence-electron chi connectivity index (χ4n) is 2.92. The van der Waals surface area contributed by atoms with Crippen molar-refractivity contribution in [3.05, 3.63) is 24.0 Å². The molecule has 1 aromatic rings. The first-order valence-electron chi connectivity index (χ1n) is 8.26. The molecule has 2 rings (SSSR count). The van der Waals surface area contributed by atoms with E-state index in [0.29, 0.717) is 11.6 Å². The molecule has 0 aromatic carbocycles. The van der Waals surface area contributed by atoms with Gasteiger partial charge in [-0.25, -0.2) is 0 Å². The summed E-state index contributed by atoms with van der Waals surface area (Å²) in [6.45, 7) is 6.14. The molecule has 1 aliphatic rings. The maximum atomic E-state index is 12.7. The molecule has 1 aliphatic heterocycles. The minimum Gasteiger partial charge on any atom is -0.384 e. The minimum atomic E-state index is 0.133. The van der Waals surface area contributed by atoms with Gasteiger partial charge >= 0.3 is 0 Å². The molecule has 0 bridgehead atoms. The van der Waals surface area contributed by atoms with Crippen molar-refractivity contribution >= 4 is 11.6 Å². The first kappa shape index (κ1) is 15.8. The summed E-state index contributed by atoms with van der Waals surface area (Å²) in [5.74, 6) is 0.133. The van der Waals surface area contributed by atoms with Crippen molar-refractivity contribution in [1.82, 2.24) is 9.88 Å². The van der Waals surface area contributed by atoms with Crippen LogP contribution in [0.5, 0.6) is 0 Å². The largest absolute Gasteiger partial charge is 0.384 e. The molecule has 1 aromatic heterocycles. The second-order valence-corrected chi connectivity index (χ2v) is 5.80. The van der Waals surface area contributed by atoms with E-state index in [-0.39, 0.29) is 5.91 Å². The lowest BCUT2D eigenvalue weighted by molar-refractivity contribution is 0.0607. The number of nitrogens with one attached hydrogen (secondary N) is 1. The average molecular weight is 289 g/mol. The highest BCUT2D eigenvalue weighted by molar-refractivity contribution is 5.95. The van der Waals surface area contributed by atoms with Crippen molar-refractivity contribution in [2.45, 2.75) is 58.4 Å². The zero-order chi connectivity index (χ0) is 15.1. The highest BCUT2D eigenvalue weighted by Crippen LogP contribution is 2.22. The Morgan fingerprint density at radius 2 is 2.24 bits per heavy atom. The van der Waals surface area contributed by atoms with Gasteiger partial charge in [-0.3, -0.25) is 9.78 Å². The zero-order valence-corrected chi connectivity index (χ0v) is 13.3. The minimum absolute atomic E-state index is 0.133. The molecule has 116 valence electrons. The van der Waals surface area contributed by atoms with Gasteiger partial charge in [0.15, 0.2) is 0 Å². The van der Waals surface area contributed by atoms with Crippen LogP contribution in [0.4, 0.5) is 5.69 Å². The summed E-state index contributed by atoms with van der Waals surface area (Å²) in [6, 6.07) is 2.33. The van der Waals surface area contributed by atoms with Crippen molar-refractivity contribution in [1.29, 1.82) is 0 Å². The van der Waals surface area contributed by atoms with Gasteiger partial charge in [0.05, 0.1) is 11.3 Å². The van der Waals surface area contributed by atoms with Gasteiger partial charge in [0.25, 0.3) is 5.91 Å². The lowest BCUT2D eigenvalue weighted by atomic mass is 9.99. The van der Waals surface area contributed by atoms with E-state index < -0.39 is 0 Å². The van der Waals surface area contributed by atoms with E-state index in [2.05, 4.69) is 24.1 Å². The predicted molar refractivity (Wildman–Crippen MR) is 86.6 cm³/mol. The molecule has 1 N–H and O–H groups in total. The fraction of sp³-hybridized carbons (Fsp3) is 0.647. The van der Waals surface area contributed by atoms with Crippen molar-refractivity contribution in [3.63, 3.8) is 0 Å². The quantitative estimate of drug-likeness (QED) is 0.812. The molecule has 1 unspecified atom stereocenters. The van der Waals surface area contributed by atoms with Gasteiger partial charge in [-0.2, -0.15) is 0 Å². The Morgan fingerprint density at radius 1 is 1.38 bits per heavy atom. The topological polar surface area (TPSA) is 45.2 Å². The number of carbonyl (C=O) groups is 1. The summed E-state index contributed by atoms with van der Waals surface area (Å²) in [6.07, 6.45) is 10.3. The van der Waals surface area contributed by atoms with Gasteiger partial charge in [0.1, 0.15) is 0 Å². The first-order chi connectivity index (χ1) is 10.3. The summed E-state index contributed by atoms with van der Waals surface area (Å²) in [4.78, 5) is 19.0. The van der Waals surface area contributed by atoms with Gasteiger partial charge in [-0.05, 0) is 38.2 Å². The van der Waals surface area contributed by atoms with Crippen LogP contribution < -0.4 is 5.32 Å². The van der Waals surface area contributed by atoms with Gasteiger partial charge in [0, 0.05) is 31.5 Å². The zero-order valence-electron chi connectivity index (χ0n) is 13.3. The molecule has 1 fully saturated rings. The number of aromatic nitrogens is 1. The van der Waals surface area contributed by atoms with Gasteiger partial charge in [0.2, 0.25) is 0 Å². The maximum absolute atomic E-state index is 12.7. The number of amides is 1. The smallest absolute Gasteiger partial charge is 0.255 e. The molecule has 4 heteroatoms. The fourth-order valence-corrected chi connectivity index (χ4v) is 2.92. The summed E-state index contributed by atoms with van der Waals surface area (Å²) in [7, 11) is 0. The van der Waals surface area contributed by atoms with E-state index in [1.165, 1.54) is 6.42 Å². The van der Waals surface area contributed by atoms with Crippen molar-refractivity contribution in [2.24, 2.45) is 0 Å². The van der Waals surface area contributed by atoms with E-state index in [0.717, 1.165) is 50.9 Å².